The fourth-order valence-electron chi connectivity index (χ4n) is 2.49. The van der Waals surface area contributed by atoms with Gasteiger partial charge in [-0.05, 0) is 38.8 Å². The Morgan fingerprint density at radius 3 is 2.90 bits per heavy atom. The van der Waals surface area contributed by atoms with Crippen LogP contribution in [-0.2, 0) is 0 Å². The van der Waals surface area contributed by atoms with Crippen LogP contribution in [0.5, 0.6) is 0 Å². The second-order valence-corrected chi connectivity index (χ2v) is 5.31. The van der Waals surface area contributed by atoms with Gasteiger partial charge < -0.3 is 10.6 Å². The van der Waals surface area contributed by atoms with Crippen molar-refractivity contribution in [2.75, 3.05) is 6.54 Å². The number of aryl methyl sites for hydroxylation is 1. The Morgan fingerprint density at radius 2 is 2.25 bits per heavy atom. The molecule has 2 N–H and O–H groups in total. The lowest BCUT2D eigenvalue weighted by Crippen LogP contribution is -2.46. The maximum atomic E-state index is 12.3. The van der Waals surface area contributed by atoms with Gasteiger partial charge in [-0.2, -0.15) is 0 Å². The third-order valence-electron chi connectivity index (χ3n) is 3.64. The summed E-state index contributed by atoms with van der Waals surface area (Å²) in [6, 6.07) is 4.86. The fraction of sp³-hybridized carbons (Fsp3) is 0.500. The number of rotatable bonds is 3. The highest BCUT2D eigenvalue weighted by Gasteiger charge is 2.22. The number of amides is 1. The summed E-state index contributed by atoms with van der Waals surface area (Å²) in [5.74, 6) is -0.231. The van der Waals surface area contributed by atoms with Crippen LogP contribution in [0.25, 0.3) is 0 Å². The van der Waals surface area contributed by atoms with Gasteiger partial charge in [0.05, 0.1) is 4.92 Å². The molecule has 1 heterocycles. The van der Waals surface area contributed by atoms with Crippen molar-refractivity contribution in [2.24, 2.45) is 0 Å². The Kier molecular flexibility index (Phi) is 4.34. The van der Waals surface area contributed by atoms with Gasteiger partial charge in [0.25, 0.3) is 11.6 Å². The van der Waals surface area contributed by atoms with E-state index in [1.54, 1.807) is 13.0 Å². The predicted molar refractivity (Wildman–Crippen MR) is 75.8 cm³/mol. The monoisotopic (exact) mass is 277 g/mol. The van der Waals surface area contributed by atoms with Crippen molar-refractivity contribution in [3.8, 4) is 0 Å². The third kappa shape index (κ3) is 3.33. The van der Waals surface area contributed by atoms with E-state index in [0.29, 0.717) is 11.6 Å². The topological polar surface area (TPSA) is 84.3 Å². The van der Waals surface area contributed by atoms with Gasteiger partial charge in [0.2, 0.25) is 0 Å². The van der Waals surface area contributed by atoms with Crippen LogP contribution in [0.2, 0.25) is 0 Å². The van der Waals surface area contributed by atoms with E-state index < -0.39 is 4.92 Å². The van der Waals surface area contributed by atoms with Gasteiger partial charge in [0.1, 0.15) is 0 Å². The van der Waals surface area contributed by atoms with Crippen LogP contribution in [0, 0.1) is 17.0 Å². The van der Waals surface area contributed by atoms with Crippen molar-refractivity contribution in [1.82, 2.24) is 10.6 Å². The lowest BCUT2D eigenvalue weighted by molar-refractivity contribution is -0.384. The number of nitrogens with zero attached hydrogens (tertiary/aromatic N) is 1. The van der Waals surface area contributed by atoms with Crippen LogP contribution in [-0.4, -0.2) is 29.5 Å². The van der Waals surface area contributed by atoms with Gasteiger partial charge in [-0.3, -0.25) is 14.9 Å². The lowest BCUT2D eigenvalue weighted by atomic mass is 9.99. The van der Waals surface area contributed by atoms with E-state index in [2.05, 4.69) is 17.6 Å². The molecule has 0 bridgehead atoms. The summed E-state index contributed by atoms with van der Waals surface area (Å²) < 4.78 is 0. The molecule has 1 aliphatic rings. The molecule has 2 atom stereocenters. The van der Waals surface area contributed by atoms with Crippen LogP contribution < -0.4 is 10.6 Å². The van der Waals surface area contributed by atoms with Gasteiger partial charge in [0.15, 0.2) is 0 Å². The van der Waals surface area contributed by atoms with Crippen molar-refractivity contribution in [2.45, 2.75) is 38.8 Å². The quantitative estimate of drug-likeness (QED) is 0.651. The Hall–Kier alpha value is -1.95. The summed E-state index contributed by atoms with van der Waals surface area (Å²) in [6.45, 7) is 4.74. The summed E-state index contributed by atoms with van der Waals surface area (Å²) in [5.41, 5.74) is 1.07. The number of carbonyl (C=O) groups excluding carboxylic acids is 1. The van der Waals surface area contributed by atoms with E-state index in [1.807, 2.05) is 0 Å². The molecule has 0 saturated carbocycles. The lowest BCUT2D eigenvalue weighted by Gasteiger charge is -2.28. The number of hydrogen-bond donors (Lipinski definition) is 2. The highest BCUT2D eigenvalue weighted by Crippen LogP contribution is 2.18. The summed E-state index contributed by atoms with van der Waals surface area (Å²) in [5, 5.41) is 17.1. The van der Waals surface area contributed by atoms with E-state index in [4.69, 9.17) is 0 Å². The molecule has 1 aromatic rings. The molecule has 1 aromatic carbocycles. The first-order chi connectivity index (χ1) is 9.47. The zero-order valence-electron chi connectivity index (χ0n) is 11.7. The van der Waals surface area contributed by atoms with Crippen LogP contribution in [0.4, 0.5) is 5.69 Å². The minimum absolute atomic E-state index is 0.0561. The van der Waals surface area contributed by atoms with E-state index >= 15 is 0 Å². The third-order valence-corrected chi connectivity index (χ3v) is 3.64. The molecule has 2 unspecified atom stereocenters. The summed E-state index contributed by atoms with van der Waals surface area (Å²) >= 11 is 0. The van der Waals surface area contributed by atoms with Crippen molar-refractivity contribution in [3.05, 3.63) is 39.4 Å². The SMILES string of the molecule is Cc1ccc([N+](=O)[O-])cc1C(=O)NC1CCNC(C)C1. The molecule has 6 heteroatoms. The zero-order chi connectivity index (χ0) is 14.7. The molecule has 1 saturated heterocycles. The number of piperidine rings is 1. The molecule has 1 amide bonds. The Morgan fingerprint density at radius 1 is 1.50 bits per heavy atom. The van der Waals surface area contributed by atoms with E-state index in [9.17, 15) is 14.9 Å². The number of nitrogens with one attached hydrogen (secondary N) is 2. The van der Waals surface area contributed by atoms with Crippen molar-refractivity contribution in [3.63, 3.8) is 0 Å². The summed E-state index contributed by atoms with van der Waals surface area (Å²) in [6.07, 6.45) is 1.75. The van der Waals surface area contributed by atoms with Crippen LogP contribution in [0.1, 0.15) is 35.7 Å². The van der Waals surface area contributed by atoms with Gasteiger partial charge in [0, 0.05) is 29.8 Å². The first kappa shape index (κ1) is 14.5. The van der Waals surface area contributed by atoms with E-state index in [0.717, 1.165) is 24.9 Å². The molecule has 108 valence electrons. The molecule has 2 rings (SSSR count). The van der Waals surface area contributed by atoms with Crippen molar-refractivity contribution in [1.29, 1.82) is 0 Å². The first-order valence-electron chi connectivity index (χ1n) is 6.76. The summed E-state index contributed by atoms with van der Waals surface area (Å²) in [7, 11) is 0. The predicted octanol–water partition coefficient (Wildman–Crippen LogP) is 1.77. The van der Waals surface area contributed by atoms with Crippen molar-refractivity contribution >= 4 is 11.6 Å². The van der Waals surface area contributed by atoms with Gasteiger partial charge in [-0.15, -0.1) is 0 Å². The second kappa shape index (κ2) is 6.00. The van der Waals surface area contributed by atoms with Crippen LogP contribution in [0.15, 0.2) is 18.2 Å². The Balaban J connectivity index is 2.12. The standard InChI is InChI=1S/C14H19N3O3/c1-9-3-4-12(17(19)20)8-13(9)14(18)16-11-5-6-15-10(2)7-11/h3-4,8,10-11,15H,5-7H2,1-2H3,(H,16,18). The minimum atomic E-state index is -0.483. The molecule has 0 spiro atoms. The molecular formula is C14H19N3O3. The number of non-ortho nitro benzene ring substituents is 1. The van der Waals surface area contributed by atoms with E-state index in [1.165, 1.54) is 12.1 Å². The molecule has 1 aliphatic heterocycles. The van der Waals surface area contributed by atoms with Crippen LogP contribution in [0.3, 0.4) is 0 Å². The number of hydrogen-bond acceptors (Lipinski definition) is 4. The largest absolute Gasteiger partial charge is 0.349 e. The first-order valence-corrected chi connectivity index (χ1v) is 6.76. The molecule has 0 radical (unpaired) electrons. The molecule has 1 fully saturated rings. The number of nitro groups is 1. The average Bonchev–Trinajstić information content (AvgIpc) is 2.38. The highest BCUT2D eigenvalue weighted by molar-refractivity contribution is 5.96. The maximum absolute atomic E-state index is 12.3. The maximum Gasteiger partial charge on any atom is 0.270 e. The van der Waals surface area contributed by atoms with Gasteiger partial charge in [-0.1, -0.05) is 6.07 Å². The molecule has 0 aromatic heterocycles. The Bertz CT molecular complexity index is 530. The molecular weight excluding hydrogens is 258 g/mol. The van der Waals surface area contributed by atoms with E-state index in [-0.39, 0.29) is 17.6 Å². The minimum Gasteiger partial charge on any atom is -0.349 e. The summed E-state index contributed by atoms with van der Waals surface area (Å²) in [4.78, 5) is 22.6. The van der Waals surface area contributed by atoms with Crippen molar-refractivity contribution < 1.29 is 9.72 Å². The second-order valence-electron chi connectivity index (χ2n) is 5.31. The average molecular weight is 277 g/mol. The number of nitro benzene ring substituents is 1. The Labute approximate surface area is 117 Å². The van der Waals surface area contributed by atoms with Gasteiger partial charge in [-0.25, -0.2) is 0 Å². The smallest absolute Gasteiger partial charge is 0.270 e. The fourth-order valence-corrected chi connectivity index (χ4v) is 2.49. The normalized spacial score (nSPS) is 22.3. The highest BCUT2D eigenvalue weighted by atomic mass is 16.6. The number of benzene rings is 1. The van der Waals surface area contributed by atoms with Gasteiger partial charge >= 0.3 is 0 Å². The van der Waals surface area contributed by atoms with Crippen LogP contribution >= 0.6 is 0 Å². The molecule has 6 nitrogen and oxygen atoms in total. The number of carbonyl (C=O) groups is 1. The zero-order valence-corrected chi connectivity index (χ0v) is 11.7. The molecule has 0 aliphatic carbocycles. The molecule has 20 heavy (non-hydrogen) atoms.